The van der Waals surface area contributed by atoms with Crippen molar-refractivity contribution in [1.29, 1.82) is 0 Å². The zero-order chi connectivity index (χ0) is 13.7. The molecule has 0 aromatic heterocycles. The minimum Gasteiger partial charge on any atom is -0.372 e. The third-order valence-electron chi connectivity index (χ3n) is 3.61. The second-order valence-electron chi connectivity index (χ2n) is 5.68. The van der Waals surface area contributed by atoms with Crippen LogP contribution in [0.2, 0.25) is 0 Å². The number of hydrogen-bond donors (Lipinski definition) is 1. The Hall–Kier alpha value is -1.51. The number of hydrogen-bond acceptors (Lipinski definition) is 2. The van der Waals surface area contributed by atoms with Gasteiger partial charge in [-0.1, -0.05) is 13.8 Å². The Bertz CT molecular complexity index is 405. The monoisotopic (exact) mass is 260 g/mol. The van der Waals surface area contributed by atoms with E-state index in [-0.39, 0.29) is 5.91 Å². The molecule has 1 aromatic rings. The van der Waals surface area contributed by atoms with Crippen LogP contribution in [0.4, 0.5) is 5.69 Å². The van der Waals surface area contributed by atoms with Gasteiger partial charge >= 0.3 is 0 Å². The number of nitrogens with zero attached hydrogens (tertiary/aromatic N) is 1. The maximum absolute atomic E-state index is 11.9. The van der Waals surface area contributed by atoms with Crippen molar-refractivity contribution in [3.63, 3.8) is 0 Å². The average Bonchev–Trinajstić information content (AvgIpc) is 2.92. The van der Waals surface area contributed by atoms with Crippen LogP contribution in [-0.4, -0.2) is 25.5 Å². The van der Waals surface area contributed by atoms with E-state index < -0.39 is 0 Å². The summed E-state index contributed by atoms with van der Waals surface area (Å²) >= 11 is 0. The van der Waals surface area contributed by atoms with E-state index in [0.717, 1.165) is 31.6 Å². The van der Waals surface area contributed by atoms with Crippen molar-refractivity contribution in [1.82, 2.24) is 5.32 Å². The highest BCUT2D eigenvalue weighted by Crippen LogP contribution is 2.20. The Morgan fingerprint density at radius 3 is 2.42 bits per heavy atom. The lowest BCUT2D eigenvalue weighted by atomic mass is 10.1. The van der Waals surface area contributed by atoms with Gasteiger partial charge in [-0.2, -0.15) is 0 Å². The van der Waals surface area contributed by atoms with Gasteiger partial charge < -0.3 is 10.2 Å². The second kappa shape index (κ2) is 6.60. The SMILES string of the molecule is CC(C)CCNC(=O)c1ccc(N2CCCC2)cc1. The zero-order valence-corrected chi connectivity index (χ0v) is 12.0. The van der Waals surface area contributed by atoms with Gasteiger partial charge in [-0.25, -0.2) is 0 Å². The standard InChI is InChI=1S/C16H24N2O/c1-13(2)9-10-17-16(19)14-5-7-15(8-6-14)18-11-3-4-12-18/h5-8,13H,3-4,9-12H2,1-2H3,(H,17,19). The Morgan fingerprint density at radius 2 is 1.84 bits per heavy atom. The molecule has 0 atom stereocenters. The van der Waals surface area contributed by atoms with E-state index in [2.05, 4.69) is 36.2 Å². The number of benzene rings is 1. The van der Waals surface area contributed by atoms with E-state index >= 15 is 0 Å². The largest absolute Gasteiger partial charge is 0.372 e. The maximum Gasteiger partial charge on any atom is 0.251 e. The normalized spacial score (nSPS) is 15.0. The Morgan fingerprint density at radius 1 is 1.21 bits per heavy atom. The molecule has 1 amide bonds. The average molecular weight is 260 g/mol. The third kappa shape index (κ3) is 3.98. The van der Waals surface area contributed by atoms with Gasteiger partial charge in [0.15, 0.2) is 0 Å². The van der Waals surface area contributed by atoms with Gasteiger partial charge in [0.05, 0.1) is 0 Å². The van der Waals surface area contributed by atoms with Crippen molar-refractivity contribution >= 4 is 11.6 Å². The minimum absolute atomic E-state index is 0.0358. The van der Waals surface area contributed by atoms with Crippen LogP contribution in [0.5, 0.6) is 0 Å². The summed E-state index contributed by atoms with van der Waals surface area (Å²) in [5, 5.41) is 2.97. The smallest absolute Gasteiger partial charge is 0.251 e. The van der Waals surface area contributed by atoms with E-state index in [1.807, 2.05) is 12.1 Å². The van der Waals surface area contributed by atoms with Crippen molar-refractivity contribution in [2.75, 3.05) is 24.5 Å². The van der Waals surface area contributed by atoms with Gasteiger partial charge in [0.2, 0.25) is 0 Å². The highest BCUT2D eigenvalue weighted by Gasteiger charge is 2.12. The first-order valence-electron chi connectivity index (χ1n) is 7.30. The second-order valence-corrected chi connectivity index (χ2v) is 5.68. The molecule has 1 N–H and O–H groups in total. The summed E-state index contributed by atoms with van der Waals surface area (Å²) in [6, 6.07) is 7.97. The van der Waals surface area contributed by atoms with Crippen LogP contribution < -0.4 is 10.2 Å². The van der Waals surface area contributed by atoms with Gasteiger partial charge in [-0.15, -0.1) is 0 Å². The van der Waals surface area contributed by atoms with Crippen LogP contribution >= 0.6 is 0 Å². The number of anilines is 1. The summed E-state index contributed by atoms with van der Waals surface area (Å²) in [5.41, 5.74) is 1.99. The Labute approximate surface area is 116 Å². The minimum atomic E-state index is 0.0358. The van der Waals surface area contributed by atoms with Crippen molar-refractivity contribution in [3.05, 3.63) is 29.8 Å². The molecule has 1 aliphatic rings. The van der Waals surface area contributed by atoms with Crippen molar-refractivity contribution in [2.24, 2.45) is 5.92 Å². The molecule has 19 heavy (non-hydrogen) atoms. The Balaban J connectivity index is 1.88. The fourth-order valence-electron chi connectivity index (χ4n) is 2.38. The number of nitrogens with one attached hydrogen (secondary N) is 1. The molecule has 0 saturated carbocycles. The first-order valence-corrected chi connectivity index (χ1v) is 7.30. The Kier molecular flexibility index (Phi) is 4.83. The summed E-state index contributed by atoms with van der Waals surface area (Å²) in [6.07, 6.45) is 3.58. The predicted molar refractivity (Wildman–Crippen MR) is 79.7 cm³/mol. The molecule has 2 rings (SSSR count). The molecule has 1 fully saturated rings. The van der Waals surface area contributed by atoms with E-state index in [1.165, 1.54) is 18.5 Å². The predicted octanol–water partition coefficient (Wildman–Crippen LogP) is 3.06. The first-order chi connectivity index (χ1) is 9.16. The van der Waals surface area contributed by atoms with Gasteiger partial charge in [0.1, 0.15) is 0 Å². The van der Waals surface area contributed by atoms with E-state index in [9.17, 15) is 4.79 Å². The van der Waals surface area contributed by atoms with Crippen molar-refractivity contribution < 1.29 is 4.79 Å². The molecule has 0 spiro atoms. The van der Waals surface area contributed by atoms with Crippen molar-refractivity contribution in [2.45, 2.75) is 33.1 Å². The summed E-state index contributed by atoms with van der Waals surface area (Å²) in [5.74, 6) is 0.659. The van der Waals surface area contributed by atoms with Crippen LogP contribution in [0.3, 0.4) is 0 Å². The summed E-state index contributed by atoms with van der Waals surface area (Å²) < 4.78 is 0. The number of amides is 1. The quantitative estimate of drug-likeness (QED) is 0.882. The van der Waals surface area contributed by atoms with Crippen LogP contribution in [0, 0.1) is 5.92 Å². The highest BCUT2D eigenvalue weighted by atomic mass is 16.1. The molecule has 0 bridgehead atoms. The molecule has 0 unspecified atom stereocenters. The lowest BCUT2D eigenvalue weighted by molar-refractivity contribution is 0.0952. The van der Waals surface area contributed by atoms with Gasteiger partial charge in [-0.3, -0.25) is 4.79 Å². The number of carbonyl (C=O) groups excluding carboxylic acids is 1. The molecule has 0 radical (unpaired) electrons. The van der Waals surface area contributed by atoms with Crippen molar-refractivity contribution in [3.8, 4) is 0 Å². The van der Waals surface area contributed by atoms with Gasteiger partial charge in [0.25, 0.3) is 5.91 Å². The molecular weight excluding hydrogens is 236 g/mol. The lowest BCUT2D eigenvalue weighted by Crippen LogP contribution is -2.25. The van der Waals surface area contributed by atoms with E-state index in [1.54, 1.807) is 0 Å². The van der Waals surface area contributed by atoms with Gasteiger partial charge in [0, 0.05) is 30.9 Å². The third-order valence-corrected chi connectivity index (χ3v) is 3.61. The number of carbonyl (C=O) groups is 1. The van der Waals surface area contributed by atoms with Crippen LogP contribution in [0.25, 0.3) is 0 Å². The fraction of sp³-hybridized carbons (Fsp3) is 0.562. The maximum atomic E-state index is 11.9. The van der Waals surface area contributed by atoms with Crippen LogP contribution in [0.15, 0.2) is 24.3 Å². The summed E-state index contributed by atoms with van der Waals surface area (Å²) in [4.78, 5) is 14.3. The van der Waals surface area contributed by atoms with Crippen LogP contribution in [0.1, 0.15) is 43.5 Å². The topological polar surface area (TPSA) is 32.3 Å². The molecule has 3 heteroatoms. The van der Waals surface area contributed by atoms with Gasteiger partial charge in [-0.05, 0) is 49.4 Å². The molecule has 1 aliphatic heterocycles. The fourth-order valence-corrected chi connectivity index (χ4v) is 2.38. The molecular formula is C16H24N2O. The number of rotatable bonds is 5. The first kappa shape index (κ1) is 13.9. The highest BCUT2D eigenvalue weighted by molar-refractivity contribution is 5.94. The molecule has 3 nitrogen and oxygen atoms in total. The van der Waals surface area contributed by atoms with E-state index in [0.29, 0.717) is 5.92 Å². The van der Waals surface area contributed by atoms with E-state index in [4.69, 9.17) is 0 Å². The summed E-state index contributed by atoms with van der Waals surface area (Å²) in [7, 11) is 0. The lowest BCUT2D eigenvalue weighted by Gasteiger charge is -2.17. The van der Waals surface area contributed by atoms with Crippen LogP contribution in [-0.2, 0) is 0 Å². The molecule has 104 valence electrons. The summed E-state index contributed by atoms with van der Waals surface area (Å²) in [6.45, 7) is 7.36. The molecule has 1 aromatic carbocycles. The molecule has 1 saturated heterocycles. The molecule has 0 aliphatic carbocycles. The zero-order valence-electron chi connectivity index (χ0n) is 12.0. The molecule has 1 heterocycles.